The van der Waals surface area contributed by atoms with Crippen molar-refractivity contribution < 1.29 is 0 Å². The van der Waals surface area contributed by atoms with Gasteiger partial charge in [0.25, 0.3) is 0 Å². The molecule has 6 nitrogen and oxygen atoms in total. The summed E-state index contributed by atoms with van der Waals surface area (Å²) in [6.45, 7) is 3.98. The molecule has 0 saturated carbocycles. The number of fused-ring (bicyclic) bond motifs is 1. The largest absolute Gasteiger partial charge is 0.382 e. The third-order valence-electron chi connectivity index (χ3n) is 3.88. The van der Waals surface area contributed by atoms with Crippen LogP contribution in [0.15, 0.2) is 48.9 Å². The zero-order valence-corrected chi connectivity index (χ0v) is 13.4. The molecular formula is C18H16N6. The van der Waals surface area contributed by atoms with Gasteiger partial charge >= 0.3 is 0 Å². The molecule has 0 aliphatic heterocycles. The molecule has 0 amide bonds. The van der Waals surface area contributed by atoms with Crippen molar-refractivity contribution in [3.63, 3.8) is 0 Å². The number of nitrogens with two attached hydrogens (primary N) is 1. The van der Waals surface area contributed by atoms with Crippen molar-refractivity contribution in [3.8, 4) is 17.1 Å². The van der Waals surface area contributed by atoms with Crippen LogP contribution in [0, 0.1) is 13.8 Å². The highest BCUT2D eigenvalue weighted by Crippen LogP contribution is 2.28. The van der Waals surface area contributed by atoms with Gasteiger partial charge in [0, 0.05) is 23.3 Å². The van der Waals surface area contributed by atoms with Crippen LogP contribution in [0.25, 0.3) is 28.0 Å². The minimum atomic E-state index is 0.362. The average molecular weight is 316 g/mol. The van der Waals surface area contributed by atoms with E-state index >= 15 is 0 Å². The van der Waals surface area contributed by atoms with Crippen molar-refractivity contribution in [2.45, 2.75) is 13.8 Å². The molecule has 0 unspecified atom stereocenters. The molecule has 0 fully saturated rings. The molecule has 6 heteroatoms. The zero-order chi connectivity index (χ0) is 16.7. The van der Waals surface area contributed by atoms with Crippen molar-refractivity contribution >= 4 is 16.7 Å². The lowest BCUT2D eigenvalue weighted by Gasteiger charge is -2.11. The second kappa shape index (κ2) is 5.42. The normalized spacial score (nSPS) is 11.1. The summed E-state index contributed by atoms with van der Waals surface area (Å²) in [6.07, 6.45) is 5.23. The maximum atomic E-state index is 5.85. The number of benzene rings is 1. The first-order valence-corrected chi connectivity index (χ1v) is 7.63. The predicted octanol–water partition coefficient (Wildman–Crippen LogP) is 3.08. The summed E-state index contributed by atoms with van der Waals surface area (Å²) in [5.41, 5.74) is 10.5. The van der Waals surface area contributed by atoms with Crippen LogP contribution in [0.4, 0.5) is 5.82 Å². The standard InChI is InChI=1S/C18H16N6/c1-11-8-14(9-13-4-3-6-20-16(11)13)17-18(22-15(19)10-21-17)24-7-5-12(2)23-24/h3-10H,1-2H3,(H2,19,22). The minimum Gasteiger partial charge on any atom is -0.382 e. The fourth-order valence-electron chi connectivity index (χ4n) is 2.80. The van der Waals surface area contributed by atoms with E-state index in [0.717, 1.165) is 33.4 Å². The topological polar surface area (TPSA) is 82.5 Å². The number of hydrogen-bond donors (Lipinski definition) is 1. The van der Waals surface area contributed by atoms with Gasteiger partial charge in [0.15, 0.2) is 5.82 Å². The second-order valence-corrected chi connectivity index (χ2v) is 5.74. The van der Waals surface area contributed by atoms with Crippen molar-refractivity contribution in [3.05, 3.63) is 60.2 Å². The first-order chi connectivity index (χ1) is 11.6. The fraction of sp³-hybridized carbons (Fsp3) is 0.111. The lowest BCUT2D eigenvalue weighted by molar-refractivity contribution is 0.829. The Bertz CT molecular complexity index is 1050. The molecule has 4 rings (SSSR count). The molecule has 2 N–H and O–H groups in total. The summed E-state index contributed by atoms with van der Waals surface area (Å²) in [6, 6.07) is 10.0. The van der Waals surface area contributed by atoms with E-state index in [2.05, 4.69) is 32.2 Å². The number of hydrogen-bond acceptors (Lipinski definition) is 5. The van der Waals surface area contributed by atoms with Gasteiger partial charge in [-0.25, -0.2) is 14.6 Å². The predicted molar refractivity (Wildman–Crippen MR) is 93.8 cm³/mol. The van der Waals surface area contributed by atoms with Crippen molar-refractivity contribution in [1.82, 2.24) is 24.7 Å². The Morgan fingerprint density at radius 3 is 2.75 bits per heavy atom. The highest BCUT2D eigenvalue weighted by Gasteiger charge is 2.14. The highest BCUT2D eigenvalue weighted by atomic mass is 15.3. The molecule has 4 aromatic rings. The minimum absolute atomic E-state index is 0.362. The van der Waals surface area contributed by atoms with Crippen LogP contribution < -0.4 is 5.73 Å². The molecular weight excluding hydrogens is 300 g/mol. The van der Waals surface area contributed by atoms with E-state index < -0.39 is 0 Å². The van der Waals surface area contributed by atoms with E-state index in [-0.39, 0.29) is 0 Å². The molecule has 0 spiro atoms. The monoisotopic (exact) mass is 316 g/mol. The van der Waals surface area contributed by atoms with Crippen LogP contribution in [0.2, 0.25) is 0 Å². The van der Waals surface area contributed by atoms with Crippen LogP contribution in [-0.2, 0) is 0 Å². The Balaban J connectivity index is 1.97. The molecule has 0 aliphatic carbocycles. The lowest BCUT2D eigenvalue weighted by Crippen LogP contribution is -2.06. The van der Waals surface area contributed by atoms with Crippen molar-refractivity contribution in [2.24, 2.45) is 0 Å². The molecule has 1 aromatic carbocycles. The Kier molecular flexibility index (Phi) is 3.23. The van der Waals surface area contributed by atoms with E-state index in [0.29, 0.717) is 11.6 Å². The maximum Gasteiger partial charge on any atom is 0.182 e. The SMILES string of the molecule is Cc1ccn(-c2nc(N)cnc2-c2cc(C)c3ncccc3c2)n1. The van der Waals surface area contributed by atoms with Crippen molar-refractivity contribution in [2.75, 3.05) is 5.73 Å². The van der Waals surface area contributed by atoms with Gasteiger partial charge in [-0.1, -0.05) is 6.07 Å². The smallest absolute Gasteiger partial charge is 0.182 e. The Morgan fingerprint density at radius 1 is 1.08 bits per heavy atom. The van der Waals surface area contributed by atoms with Gasteiger partial charge in [0.1, 0.15) is 11.5 Å². The van der Waals surface area contributed by atoms with Crippen LogP contribution >= 0.6 is 0 Å². The van der Waals surface area contributed by atoms with E-state index in [4.69, 9.17) is 5.73 Å². The molecule has 0 saturated heterocycles. The summed E-state index contributed by atoms with van der Waals surface area (Å²) in [7, 11) is 0. The van der Waals surface area contributed by atoms with Crippen LogP contribution in [0.1, 0.15) is 11.3 Å². The second-order valence-electron chi connectivity index (χ2n) is 5.74. The van der Waals surface area contributed by atoms with E-state index in [1.54, 1.807) is 17.1 Å². The summed E-state index contributed by atoms with van der Waals surface area (Å²) >= 11 is 0. The quantitative estimate of drug-likeness (QED) is 0.614. The molecule has 24 heavy (non-hydrogen) atoms. The molecule has 0 bridgehead atoms. The number of anilines is 1. The third kappa shape index (κ3) is 2.38. The number of rotatable bonds is 2. The van der Waals surface area contributed by atoms with E-state index in [9.17, 15) is 0 Å². The maximum absolute atomic E-state index is 5.85. The number of aromatic nitrogens is 5. The Hall–Kier alpha value is -3.28. The summed E-state index contributed by atoms with van der Waals surface area (Å²) in [5.74, 6) is 0.979. The number of nitrogen functional groups attached to an aromatic ring is 1. The molecule has 3 heterocycles. The molecule has 0 radical (unpaired) electrons. The Labute approximate surface area is 139 Å². The first kappa shape index (κ1) is 14.3. The van der Waals surface area contributed by atoms with Crippen LogP contribution in [0.5, 0.6) is 0 Å². The highest BCUT2D eigenvalue weighted by molar-refractivity contribution is 5.87. The van der Waals surface area contributed by atoms with Gasteiger partial charge in [-0.2, -0.15) is 5.10 Å². The van der Waals surface area contributed by atoms with Crippen molar-refractivity contribution in [1.29, 1.82) is 0 Å². The summed E-state index contributed by atoms with van der Waals surface area (Å²) < 4.78 is 1.71. The van der Waals surface area contributed by atoms with Gasteiger partial charge in [0.05, 0.1) is 17.4 Å². The number of pyridine rings is 1. The van der Waals surface area contributed by atoms with E-state index in [1.165, 1.54) is 0 Å². The summed E-state index contributed by atoms with van der Waals surface area (Å²) in [4.78, 5) is 13.4. The zero-order valence-electron chi connectivity index (χ0n) is 13.4. The van der Waals surface area contributed by atoms with Gasteiger partial charge in [-0.05, 0) is 43.7 Å². The molecule has 3 aromatic heterocycles. The molecule has 0 atom stereocenters. The molecule has 0 aliphatic rings. The number of nitrogens with zero attached hydrogens (tertiary/aromatic N) is 5. The Morgan fingerprint density at radius 2 is 1.96 bits per heavy atom. The van der Waals surface area contributed by atoms with Gasteiger partial charge in [-0.3, -0.25) is 4.98 Å². The summed E-state index contributed by atoms with van der Waals surface area (Å²) in [5, 5.41) is 5.50. The van der Waals surface area contributed by atoms with E-state index in [1.807, 2.05) is 38.2 Å². The van der Waals surface area contributed by atoms with Crippen LogP contribution in [0.3, 0.4) is 0 Å². The number of aryl methyl sites for hydroxylation is 2. The molecule has 118 valence electrons. The lowest BCUT2D eigenvalue weighted by atomic mass is 10.0. The fourth-order valence-corrected chi connectivity index (χ4v) is 2.80. The van der Waals surface area contributed by atoms with Gasteiger partial charge in [-0.15, -0.1) is 0 Å². The van der Waals surface area contributed by atoms with Gasteiger partial charge in [0.2, 0.25) is 0 Å². The first-order valence-electron chi connectivity index (χ1n) is 7.63. The van der Waals surface area contributed by atoms with Crippen LogP contribution in [-0.4, -0.2) is 24.7 Å². The average Bonchev–Trinajstić information content (AvgIpc) is 3.01. The van der Waals surface area contributed by atoms with Gasteiger partial charge < -0.3 is 5.73 Å². The third-order valence-corrected chi connectivity index (χ3v) is 3.88.